The van der Waals surface area contributed by atoms with Crippen LogP contribution in [0.1, 0.15) is 24.8 Å². The zero-order valence-corrected chi connectivity index (χ0v) is 20.0. The number of rotatable bonds is 6. The van der Waals surface area contributed by atoms with Gasteiger partial charge in [0.2, 0.25) is 5.91 Å². The first-order valence-corrected chi connectivity index (χ1v) is 12.1. The van der Waals surface area contributed by atoms with E-state index in [0.717, 1.165) is 60.5 Å². The fourth-order valence-electron chi connectivity index (χ4n) is 4.52. The largest absolute Gasteiger partial charge is 0.367 e. The Hall–Kier alpha value is -3.32. The number of carbonyl (C=O) groups excluding carboxylic acids is 1. The van der Waals surface area contributed by atoms with Crippen molar-refractivity contribution in [2.45, 2.75) is 31.7 Å². The number of aryl methyl sites for hydroxylation is 1. The van der Waals surface area contributed by atoms with Crippen LogP contribution >= 0.6 is 11.6 Å². The average molecular weight is 472 g/mol. The fourth-order valence-corrected chi connectivity index (χ4v) is 4.75. The quantitative estimate of drug-likeness (QED) is 0.438. The topological polar surface area (TPSA) is 62.5 Å². The van der Waals surface area contributed by atoms with Crippen molar-refractivity contribution in [3.05, 3.63) is 77.4 Å². The van der Waals surface area contributed by atoms with Crippen LogP contribution in [0.25, 0.3) is 16.9 Å². The lowest BCUT2D eigenvalue weighted by Gasteiger charge is -2.33. The molecule has 0 spiro atoms. The first-order chi connectivity index (χ1) is 16.6. The molecule has 0 atom stereocenters. The molecule has 1 N–H and O–H groups in total. The second-order valence-corrected chi connectivity index (χ2v) is 9.26. The molecule has 8 heteroatoms. The van der Waals surface area contributed by atoms with E-state index in [1.807, 2.05) is 72.0 Å². The van der Waals surface area contributed by atoms with Gasteiger partial charge in [-0.15, -0.1) is 0 Å². The van der Waals surface area contributed by atoms with Gasteiger partial charge in [-0.2, -0.15) is 9.61 Å². The fraction of sp³-hybridized carbons (Fsp3) is 0.269. The van der Waals surface area contributed by atoms with Crippen molar-refractivity contribution in [1.29, 1.82) is 0 Å². The number of likely N-dealkylation sites (tertiary alicyclic amines) is 1. The first-order valence-electron chi connectivity index (χ1n) is 11.8. The van der Waals surface area contributed by atoms with Crippen molar-refractivity contribution >= 4 is 42.3 Å². The lowest BCUT2D eigenvalue weighted by Crippen LogP contribution is -2.42. The molecule has 6 nitrogen and oxygen atoms in total. The van der Waals surface area contributed by atoms with Gasteiger partial charge in [0.25, 0.3) is 0 Å². The standard InChI is InChI=1S/C26H27BClN5O/c27-21-17-29-33-24(16-23(31-26(21)33)20-8-4-5-9-22(20)28)30-19-12-14-32(15-13-19)25(34)11-10-18-6-2-1-3-7-18/h1-9,16-17,19,30H,10-15,27H2. The van der Waals surface area contributed by atoms with Crippen LogP contribution in [0.5, 0.6) is 0 Å². The van der Waals surface area contributed by atoms with E-state index in [1.54, 1.807) is 0 Å². The van der Waals surface area contributed by atoms with Crippen molar-refractivity contribution in [2.75, 3.05) is 18.4 Å². The molecule has 1 amide bonds. The third-order valence-corrected chi connectivity index (χ3v) is 6.80. The molecule has 0 radical (unpaired) electrons. The Balaban J connectivity index is 1.27. The van der Waals surface area contributed by atoms with Gasteiger partial charge in [-0.25, -0.2) is 4.98 Å². The van der Waals surface area contributed by atoms with E-state index >= 15 is 0 Å². The molecule has 0 unspecified atom stereocenters. The van der Waals surface area contributed by atoms with Crippen molar-refractivity contribution < 1.29 is 4.79 Å². The van der Waals surface area contributed by atoms with E-state index < -0.39 is 0 Å². The Morgan fingerprint density at radius 3 is 2.59 bits per heavy atom. The van der Waals surface area contributed by atoms with Crippen LogP contribution in [-0.2, 0) is 11.2 Å². The third kappa shape index (κ3) is 4.80. The molecule has 0 aliphatic carbocycles. The van der Waals surface area contributed by atoms with E-state index in [1.165, 1.54) is 5.56 Å². The molecule has 34 heavy (non-hydrogen) atoms. The number of carbonyl (C=O) groups is 1. The highest BCUT2D eigenvalue weighted by atomic mass is 35.5. The van der Waals surface area contributed by atoms with E-state index in [0.29, 0.717) is 11.4 Å². The highest BCUT2D eigenvalue weighted by Gasteiger charge is 2.24. The van der Waals surface area contributed by atoms with Crippen LogP contribution in [-0.4, -0.2) is 52.4 Å². The number of benzene rings is 2. The summed E-state index contributed by atoms with van der Waals surface area (Å²) in [6.07, 6.45) is 4.96. The first kappa shape index (κ1) is 22.5. The summed E-state index contributed by atoms with van der Waals surface area (Å²) in [5, 5.41) is 8.87. The SMILES string of the molecule is Bc1cnn2c(NC3CCN(C(=O)CCc4ccccc4)CC3)cc(-c3ccccc3Cl)nc12. The van der Waals surface area contributed by atoms with Crippen LogP contribution < -0.4 is 10.8 Å². The molecule has 1 fully saturated rings. The van der Waals surface area contributed by atoms with Gasteiger partial charge in [0.15, 0.2) is 5.65 Å². The number of amides is 1. The van der Waals surface area contributed by atoms with Gasteiger partial charge in [0.05, 0.1) is 5.69 Å². The Morgan fingerprint density at radius 1 is 1.09 bits per heavy atom. The summed E-state index contributed by atoms with van der Waals surface area (Å²) in [5.41, 5.74) is 4.74. The van der Waals surface area contributed by atoms with E-state index in [4.69, 9.17) is 16.6 Å². The molecule has 0 saturated carbocycles. The number of hydrogen-bond donors (Lipinski definition) is 1. The van der Waals surface area contributed by atoms with Gasteiger partial charge in [0, 0.05) is 48.4 Å². The predicted molar refractivity (Wildman–Crippen MR) is 140 cm³/mol. The highest BCUT2D eigenvalue weighted by molar-refractivity contribution is 6.36. The minimum Gasteiger partial charge on any atom is -0.367 e. The van der Waals surface area contributed by atoms with Gasteiger partial charge in [-0.3, -0.25) is 4.79 Å². The summed E-state index contributed by atoms with van der Waals surface area (Å²) in [7, 11) is 2.01. The van der Waals surface area contributed by atoms with Crippen LogP contribution in [0.15, 0.2) is 66.9 Å². The minimum atomic E-state index is 0.234. The molecule has 1 aliphatic rings. The molecule has 0 bridgehead atoms. The summed E-state index contributed by atoms with van der Waals surface area (Å²) in [5.74, 6) is 1.12. The molecule has 5 rings (SSSR count). The van der Waals surface area contributed by atoms with Crippen molar-refractivity contribution in [3.8, 4) is 11.3 Å². The minimum absolute atomic E-state index is 0.234. The molecular formula is C26H27BClN5O. The van der Waals surface area contributed by atoms with Crippen molar-refractivity contribution in [3.63, 3.8) is 0 Å². The number of nitrogens with one attached hydrogen (secondary N) is 1. The Labute approximate surface area is 205 Å². The number of hydrogen-bond acceptors (Lipinski definition) is 4. The number of halogens is 1. The van der Waals surface area contributed by atoms with Crippen molar-refractivity contribution in [2.24, 2.45) is 0 Å². The zero-order valence-electron chi connectivity index (χ0n) is 19.2. The van der Waals surface area contributed by atoms with Crippen LogP contribution in [0.3, 0.4) is 0 Å². The molecule has 1 aliphatic heterocycles. The number of anilines is 1. The van der Waals surface area contributed by atoms with Crippen molar-refractivity contribution in [1.82, 2.24) is 19.5 Å². The number of piperidine rings is 1. The van der Waals surface area contributed by atoms with Gasteiger partial charge in [0.1, 0.15) is 13.7 Å². The third-order valence-electron chi connectivity index (χ3n) is 6.47. The maximum atomic E-state index is 12.7. The molecular weight excluding hydrogens is 445 g/mol. The van der Waals surface area contributed by atoms with Crippen LogP contribution in [0.2, 0.25) is 5.02 Å². The lowest BCUT2D eigenvalue weighted by molar-refractivity contribution is -0.132. The number of fused-ring (bicyclic) bond motifs is 1. The maximum Gasteiger partial charge on any atom is 0.222 e. The second kappa shape index (κ2) is 9.89. The Kier molecular flexibility index (Phi) is 6.54. The van der Waals surface area contributed by atoms with Gasteiger partial charge >= 0.3 is 0 Å². The predicted octanol–water partition coefficient (Wildman–Crippen LogP) is 3.34. The monoisotopic (exact) mass is 471 g/mol. The van der Waals surface area contributed by atoms with Gasteiger partial charge < -0.3 is 10.2 Å². The summed E-state index contributed by atoms with van der Waals surface area (Å²) >= 11 is 6.46. The maximum absolute atomic E-state index is 12.7. The molecule has 4 aromatic rings. The summed E-state index contributed by atoms with van der Waals surface area (Å²) < 4.78 is 1.85. The lowest BCUT2D eigenvalue weighted by atomic mass is 10.0. The number of nitrogens with zero attached hydrogens (tertiary/aromatic N) is 4. The molecule has 2 aromatic carbocycles. The van der Waals surface area contributed by atoms with Gasteiger partial charge in [-0.1, -0.05) is 60.1 Å². The van der Waals surface area contributed by atoms with Crippen LogP contribution in [0, 0.1) is 0 Å². The zero-order chi connectivity index (χ0) is 23.5. The van der Waals surface area contributed by atoms with Crippen LogP contribution in [0.4, 0.5) is 5.82 Å². The van der Waals surface area contributed by atoms with E-state index in [9.17, 15) is 4.79 Å². The summed E-state index contributed by atoms with van der Waals surface area (Å²) in [4.78, 5) is 19.5. The molecule has 1 saturated heterocycles. The Bertz CT molecular complexity index is 1300. The summed E-state index contributed by atoms with van der Waals surface area (Å²) in [6, 6.07) is 20.2. The molecule has 172 valence electrons. The van der Waals surface area contributed by atoms with E-state index in [-0.39, 0.29) is 11.9 Å². The molecule has 2 aromatic heterocycles. The Morgan fingerprint density at radius 2 is 1.82 bits per heavy atom. The average Bonchev–Trinajstić information content (AvgIpc) is 3.25. The smallest absolute Gasteiger partial charge is 0.222 e. The molecule has 3 heterocycles. The highest BCUT2D eigenvalue weighted by Crippen LogP contribution is 2.29. The normalized spacial score (nSPS) is 14.4. The second-order valence-electron chi connectivity index (χ2n) is 8.85. The summed E-state index contributed by atoms with van der Waals surface area (Å²) in [6.45, 7) is 1.52. The van der Waals surface area contributed by atoms with E-state index in [2.05, 4.69) is 22.5 Å². The van der Waals surface area contributed by atoms with Gasteiger partial charge in [-0.05, 0) is 36.4 Å². The number of aromatic nitrogens is 3.